The molecule has 2 aliphatic heterocycles. The lowest BCUT2D eigenvalue weighted by Gasteiger charge is -2.36. The van der Waals surface area contributed by atoms with E-state index in [-0.39, 0.29) is 24.0 Å². The minimum atomic E-state index is -3.20. The Hall–Kier alpha value is -0.430. The van der Waals surface area contributed by atoms with Gasteiger partial charge in [0.05, 0.1) is 10.8 Å². The second-order valence-corrected chi connectivity index (χ2v) is 11.0. The van der Waals surface area contributed by atoms with Crippen LogP contribution in [0.5, 0.6) is 0 Å². The first-order valence-electron chi connectivity index (χ1n) is 9.94. The molecular weight excluding hydrogens is 523 g/mol. The molecule has 0 radical (unpaired) electrons. The van der Waals surface area contributed by atoms with E-state index in [1.807, 2.05) is 0 Å². The monoisotopic (exact) mass is 556 g/mol. The summed E-state index contributed by atoms with van der Waals surface area (Å²) in [5, 5.41) is 8.81. The molecule has 3 heterocycles. The van der Waals surface area contributed by atoms with E-state index < -0.39 is 14.6 Å². The molecule has 1 unspecified atom stereocenters. The number of guanidine groups is 1. The van der Waals surface area contributed by atoms with Crippen LogP contribution in [0.2, 0.25) is 0 Å². The third kappa shape index (κ3) is 6.28. The highest BCUT2D eigenvalue weighted by atomic mass is 127. The molecule has 0 spiro atoms. The van der Waals surface area contributed by atoms with Gasteiger partial charge in [-0.25, -0.2) is 8.42 Å². The molecule has 0 amide bonds. The van der Waals surface area contributed by atoms with Gasteiger partial charge in [-0.3, -0.25) is 9.89 Å². The van der Waals surface area contributed by atoms with Crippen molar-refractivity contribution in [2.24, 2.45) is 4.99 Å². The van der Waals surface area contributed by atoms with Crippen LogP contribution in [0.1, 0.15) is 36.6 Å². The highest BCUT2D eigenvalue weighted by Gasteiger charge is 2.42. The Labute approximate surface area is 195 Å². The number of likely N-dealkylation sites (tertiary alicyclic amines) is 1. The van der Waals surface area contributed by atoms with Crippen LogP contribution >= 0.6 is 35.3 Å². The van der Waals surface area contributed by atoms with Crippen LogP contribution in [0.25, 0.3) is 0 Å². The largest absolute Gasteiger partial charge is 0.381 e. The molecule has 1 atom stereocenters. The number of ether oxygens (including phenoxy) is 1. The summed E-state index contributed by atoms with van der Waals surface area (Å²) in [6.45, 7) is 4.30. The lowest BCUT2D eigenvalue weighted by Crippen LogP contribution is -2.54. The smallest absolute Gasteiger partial charge is 0.191 e. The molecule has 2 N–H and O–H groups in total. The summed E-state index contributed by atoms with van der Waals surface area (Å²) in [5.74, 6) is 0.648. The quantitative estimate of drug-likeness (QED) is 0.305. The van der Waals surface area contributed by atoms with Gasteiger partial charge in [-0.15, -0.1) is 35.3 Å². The average Bonchev–Trinajstić information content (AvgIpc) is 3.39. The number of nitrogens with one attached hydrogen (secondary N) is 2. The van der Waals surface area contributed by atoms with Gasteiger partial charge in [-0.05, 0) is 50.2 Å². The lowest BCUT2D eigenvalue weighted by molar-refractivity contribution is 0.0756. The normalized spacial score (nSPS) is 21.4. The predicted octanol–water partition coefficient (Wildman–Crippen LogP) is 2.26. The zero-order valence-corrected chi connectivity index (χ0v) is 21.2. The fraction of sp³-hybridized carbons (Fsp3) is 0.737. The van der Waals surface area contributed by atoms with Gasteiger partial charge in [0.1, 0.15) is 0 Å². The standard InChI is InChI=1S/C19H32N4O3S2.HI/c1-20-18(22-15-19(28(2,24)25)7-11-26-12-8-19)21-14-16(17-6-5-13-27-17)23-9-3-4-10-23;/h5-6,13,16H,3-4,7-12,14-15H2,1-2H3,(H2,20,21,22);1H. The van der Waals surface area contributed by atoms with Gasteiger partial charge in [0, 0.05) is 44.5 Å². The van der Waals surface area contributed by atoms with Crippen molar-refractivity contribution in [2.75, 3.05) is 52.7 Å². The molecule has 3 rings (SSSR count). The predicted molar refractivity (Wildman–Crippen MR) is 130 cm³/mol. The molecule has 2 aliphatic rings. The first-order chi connectivity index (χ1) is 13.5. The lowest BCUT2D eigenvalue weighted by atomic mass is 9.99. The fourth-order valence-electron chi connectivity index (χ4n) is 4.02. The van der Waals surface area contributed by atoms with Crippen LogP contribution in [0.4, 0.5) is 0 Å². The van der Waals surface area contributed by atoms with Gasteiger partial charge >= 0.3 is 0 Å². The number of nitrogens with zero attached hydrogens (tertiary/aromatic N) is 2. The summed E-state index contributed by atoms with van der Waals surface area (Å²) in [6, 6.07) is 4.59. The van der Waals surface area contributed by atoms with E-state index in [4.69, 9.17) is 4.74 Å². The molecular formula is C19H33IN4O3S2. The van der Waals surface area contributed by atoms with Crippen molar-refractivity contribution in [1.82, 2.24) is 15.5 Å². The second-order valence-electron chi connectivity index (χ2n) is 7.65. The van der Waals surface area contributed by atoms with Crippen LogP contribution in [0.15, 0.2) is 22.5 Å². The Morgan fingerprint density at radius 2 is 2.00 bits per heavy atom. The summed E-state index contributed by atoms with van der Waals surface area (Å²) in [7, 11) is -1.48. The maximum atomic E-state index is 12.4. The van der Waals surface area contributed by atoms with Crippen molar-refractivity contribution in [3.05, 3.63) is 22.4 Å². The molecule has 0 aromatic carbocycles. The van der Waals surface area contributed by atoms with E-state index >= 15 is 0 Å². The molecule has 0 saturated carbocycles. The zero-order chi connectivity index (χ0) is 20.0. The minimum absolute atomic E-state index is 0. The molecule has 10 heteroatoms. The van der Waals surface area contributed by atoms with E-state index in [2.05, 4.69) is 38.0 Å². The number of halogens is 1. The highest BCUT2D eigenvalue weighted by Crippen LogP contribution is 2.29. The Morgan fingerprint density at radius 3 is 2.55 bits per heavy atom. The summed E-state index contributed by atoms with van der Waals surface area (Å²) in [5.41, 5.74) is 0. The zero-order valence-electron chi connectivity index (χ0n) is 17.2. The van der Waals surface area contributed by atoms with Crippen molar-refractivity contribution in [2.45, 2.75) is 36.5 Å². The molecule has 166 valence electrons. The molecule has 1 aromatic rings. The number of rotatable bonds is 7. The summed E-state index contributed by atoms with van der Waals surface area (Å²) < 4.78 is 29.5. The Balaban J connectivity index is 0.00000300. The molecule has 0 aliphatic carbocycles. The fourth-order valence-corrected chi connectivity index (χ4v) is 6.13. The number of sulfone groups is 1. The van der Waals surface area contributed by atoms with E-state index in [1.54, 1.807) is 18.4 Å². The number of thiophene rings is 1. The van der Waals surface area contributed by atoms with Crippen molar-refractivity contribution in [3.8, 4) is 0 Å². The third-order valence-electron chi connectivity index (χ3n) is 5.91. The van der Waals surface area contributed by atoms with E-state index in [1.165, 1.54) is 24.0 Å². The van der Waals surface area contributed by atoms with Crippen LogP contribution in [0.3, 0.4) is 0 Å². The Bertz CT molecular complexity index is 744. The van der Waals surface area contributed by atoms with Crippen LogP contribution in [-0.4, -0.2) is 76.7 Å². The maximum absolute atomic E-state index is 12.4. The van der Waals surface area contributed by atoms with Gasteiger partial charge in [-0.1, -0.05) is 6.07 Å². The summed E-state index contributed by atoms with van der Waals surface area (Å²) in [6.07, 6.45) is 4.85. The minimum Gasteiger partial charge on any atom is -0.381 e. The van der Waals surface area contributed by atoms with Gasteiger partial charge in [-0.2, -0.15) is 0 Å². The van der Waals surface area contributed by atoms with E-state index in [9.17, 15) is 8.42 Å². The van der Waals surface area contributed by atoms with Gasteiger partial charge < -0.3 is 15.4 Å². The highest BCUT2D eigenvalue weighted by molar-refractivity contribution is 14.0. The number of aliphatic imine (C=N–C) groups is 1. The molecule has 29 heavy (non-hydrogen) atoms. The van der Waals surface area contributed by atoms with Crippen LogP contribution in [0, 0.1) is 0 Å². The SMILES string of the molecule is CN=C(NCC(c1cccs1)N1CCCC1)NCC1(S(C)(=O)=O)CCOCC1.I. The third-order valence-corrected chi connectivity index (χ3v) is 9.01. The van der Waals surface area contributed by atoms with Crippen molar-refractivity contribution in [3.63, 3.8) is 0 Å². The van der Waals surface area contributed by atoms with Crippen molar-refractivity contribution < 1.29 is 13.2 Å². The second kappa shape index (κ2) is 11.3. The number of hydrogen-bond acceptors (Lipinski definition) is 6. The van der Waals surface area contributed by atoms with Crippen LogP contribution < -0.4 is 10.6 Å². The van der Waals surface area contributed by atoms with Gasteiger partial charge in [0.2, 0.25) is 0 Å². The first-order valence-corrected chi connectivity index (χ1v) is 12.7. The van der Waals surface area contributed by atoms with E-state index in [0.29, 0.717) is 44.6 Å². The van der Waals surface area contributed by atoms with Crippen molar-refractivity contribution in [1.29, 1.82) is 0 Å². The Morgan fingerprint density at radius 1 is 1.31 bits per heavy atom. The number of hydrogen-bond donors (Lipinski definition) is 2. The van der Waals surface area contributed by atoms with Crippen molar-refractivity contribution >= 4 is 51.1 Å². The molecule has 7 nitrogen and oxygen atoms in total. The van der Waals surface area contributed by atoms with Gasteiger partial charge in [0.25, 0.3) is 0 Å². The van der Waals surface area contributed by atoms with Gasteiger partial charge in [0.15, 0.2) is 15.8 Å². The topological polar surface area (TPSA) is 83.0 Å². The Kier molecular flexibility index (Phi) is 9.65. The average molecular weight is 557 g/mol. The molecule has 2 fully saturated rings. The molecule has 2 saturated heterocycles. The summed E-state index contributed by atoms with van der Waals surface area (Å²) in [4.78, 5) is 8.18. The maximum Gasteiger partial charge on any atom is 0.191 e. The molecule has 0 bridgehead atoms. The molecule has 1 aromatic heterocycles. The summed E-state index contributed by atoms with van der Waals surface area (Å²) >= 11 is 1.78. The van der Waals surface area contributed by atoms with Crippen LogP contribution in [-0.2, 0) is 14.6 Å². The first kappa shape index (κ1) is 24.8. The van der Waals surface area contributed by atoms with E-state index in [0.717, 1.165) is 19.6 Å².